The molecule has 3 aromatic heterocycles. The van der Waals surface area contributed by atoms with Crippen LogP contribution in [0.5, 0.6) is 0 Å². The summed E-state index contributed by atoms with van der Waals surface area (Å²) in [4.78, 5) is 32.5. The third kappa shape index (κ3) is 2.88. The van der Waals surface area contributed by atoms with Crippen LogP contribution in [0.15, 0.2) is 29.3 Å². The lowest BCUT2D eigenvalue weighted by Gasteiger charge is -2.26. The maximum atomic E-state index is 14.3. The molecule has 0 aromatic carbocycles. The third-order valence-corrected chi connectivity index (χ3v) is 5.72. The number of nitrogens with one attached hydrogen (secondary N) is 1. The van der Waals surface area contributed by atoms with E-state index < -0.39 is 5.82 Å². The molecule has 5 rings (SSSR count). The number of fused-ring (bicyclic) bond motifs is 6. The molecule has 2 aliphatic heterocycles. The standard InChI is InChI=1S/C20H21FN6O2/c1-12-17-18-23-16(5-9-27(18)24-12)26-8-2-4-15(26)14-10-13(21)11-25(20(14)29)7-3-6-22-19(17)28/h5,9-11,15H,2-4,6-8H2,1H3,(H,22,28). The van der Waals surface area contributed by atoms with Crippen LogP contribution in [0, 0.1) is 12.7 Å². The molecule has 2 aliphatic rings. The normalized spacial score (nSPS) is 19.3. The lowest BCUT2D eigenvalue weighted by molar-refractivity contribution is 0.0953. The van der Waals surface area contributed by atoms with E-state index in [1.807, 2.05) is 11.0 Å². The highest BCUT2D eigenvalue weighted by Crippen LogP contribution is 2.34. The van der Waals surface area contributed by atoms with Crippen molar-refractivity contribution in [3.63, 3.8) is 0 Å². The van der Waals surface area contributed by atoms with E-state index in [1.165, 1.54) is 16.8 Å². The fraction of sp³-hybridized carbons (Fsp3) is 0.400. The van der Waals surface area contributed by atoms with Crippen LogP contribution in [0.4, 0.5) is 10.2 Å². The fourth-order valence-electron chi connectivity index (χ4n) is 4.38. The summed E-state index contributed by atoms with van der Waals surface area (Å²) >= 11 is 0. The summed E-state index contributed by atoms with van der Waals surface area (Å²) in [5.74, 6) is -0.0228. The predicted molar refractivity (Wildman–Crippen MR) is 105 cm³/mol. The van der Waals surface area contributed by atoms with Gasteiger partial charge >= 0.3 is 0 Å². The first-order valence-corrected chi connectivity index (χ1v) is 9.83. The summed E-state index contributed by atoms with van der Waals surface area (Å²) in [5, 5.41) is 7.27. The largest absolute Gasteiger partial charge is 0.352 e. The molecular weight excluding hydrogens is 375 g/mol. The number of nitrogens with zero attached hydrogens (tertiary/aromatic N) is 5. The number of carbonyl (C=O) groups is 1. The Morgan fingerprint density at radius 1 is 1.24 bits per heavy atom. The van der Waals surface area contributed by atoms with Crippen molar-refractivity contribution < 1.29 is 9.18 Å². The second kappa shape index (κ2) is 6.68. The number of halogens is 1. The first-order valence-electron chi connectivity index (χ1n) is 9.83. The minimum Gasteiger partial charge on any atom is -0.352 e. The van der Waals surface area contributed by atoms with E-state index >= 15 is 0 Å². The zero-order valence-electron chi connectivity index (χ0n) is 16.1. The third-order valence-electron chi connectivity index (χ3n) is 5.72. The maximum Gasteiger partial charge on any atom is 0.257 e. The number of anilines is 1. The maximum absolute atomic E-state index is 14.3. The Morgan fingerprint density at radius 3 is 2.97 bits per heavy atom. The van der Waals surface area contributed by atoms with Crippen molar-refractivity contribution in [2.45, 2.75) is 38.8 Å². The molecule has 1 fully saturated rings. The van der Waals surface area contributed by atoms with Crippen molar-refractivity contribution in [3.05, 3.63) is 57.5 Å². The van der Waals surface area contributed by atoms with E-state index in [1.54, 1.807) is 17.6 Å². The van der Waals surface area contributed by atoms with E-state index in [-0.39, 0.29) is 17.5 Å². The van der Waals surface area contributed by atoms with Gasteiger partial charge in [-0.1, -0.05) is 0 Å². The van der Waals surface area contributed by atoms with Gasteiger partial charge in [0.15, 0.2) is 5.65 Å². The molecule has 8 nitrogen and oxygen atoms in total. The zero-order valence-corrected chi connectivity index (χ0v) is 16.1. The van der Waals surface area contributed by atoms with Crippen LogP contribution in [0.1, 0.15) is 46.9 Å². The molecule has 0 radical (unpaired) electrons. The van der Waals surface area contributed by atoms with Crippen molar-refractivity contribution in [2.24, 2.45) is 0 Å². The number of hydrogen-bond acceptors (Lipinski definition) is 5. The molecule has 0 spiro atoms. The van der Waals surface area contributed by atoms with Crippen LogP contribution < -0.4 is 15.8 Å². The highest BCUT2D eigenvalue weighted by atomic mass is 19.1. The number of aryl methyl sites for hydroxylation is 2. The van der Waals surface area contributed by atoms with Gasteiger partial charge in [0.2, 0.25) is 0 Å². The van der Waals surface area contributed by atoms with Crippen molar-refractivity contribution in [1.29, 1.82) is 0 Å². The topological polar surface area (TPSA) is 84.5 Å². The van der Waals surface area contributed by atoms with Crippen LogP contribution in [0.2, 0.25) is 0 Å². The summed E-state index contributed by atoms with van der Waals surface area (Å²) in [5.41, 5.74) is 1.82. The molecule has 29 heavy (non-hydrogen) atoms. The van der Waals surface area contributed by atoms with Crippen LogP contribution in [0.3, 0.4) is 0 Å². The van der Waals surface area contributed by atoms with Crippen LogP contribution >= 0.6 is 0 Å². The van der Waals surface area contributed by atoms with Gasteiger partial charge in [0.1, 0.15) is 17.2 Å². The SMILES string of the molecule is Cc1nn2ccc3nc2c1C(=O)NCCCn1cc(F)cc(c1=O)C1CCCN31. The van der Waals surface area contributed by atoms with E-state index in [9.17, 15) is 14.0 Å². The number of rotatable bonds is 0. The van der Waals surface area contributed by atoms with Crippen LogP contribution in [-0.4, -0.2) is 38.2 Å². The summed E-state index contributed by atoms with van der Waals surface area (Å²) < 4.78 is 17.3. The summed E-state index contributed by atoms with van der Waals surface area (Å²) in [7, 11) is 0. The molecule has 1 saturated heterocycles. The van der Waals surface area contributed by atoms with E-state index in [2.05, 4.69) is 10.4 Å². The lowest BCUT2D eigenvalue weighted by Crippen LogP contribution is -2.33. The quantitative estimate of drug-likeness (QED) is 0.627. The van der Waals surface area contributed by atoms with Gasteiger partial charge in [-0.15, -0.1) is 0 Å². The molecule has 9 heteroatoms. The van der Waals surface area contributed by atoms with E-state index in [0.717, 1.165) is 12.8 Å². The molecule has 4 bridgehead atoms. The Kier molecular flexibility index (Phi) is 4.11. The minimum atomic E-state index is -0.431. The Labute approximate surface area is 166 Å². The Bertz CT molecular complexity index is 1180. The summed E-state index contributed by atoms with van der Waals surface area (Å²) in [6.07, 6.45) is 5.14. The van der Waals surface area contributed by atoms with E-state index in [0.29, 0.717) is 54.3 Å². The van der Waals surface area contributed by atoms with Gasteiger partial charge < -0.3 is 14.8 Å². The van der Waals surface area contributed by atoms with Crippen molar-refractivity contribution in [3.8, 4) is 0 Å². The Balaban J connectivity index is 1.71. The van der Waals surface area contributed by atoms with Crippen molar-refractivity contribution in [2.75, 3.05) is 18.0 Å². The molecular formula is C20H21FN6O2. The molecule has 1 amide bonds. The molecule has 5 heterocycles. The van der Waals surface area contributed by atoms with Crippen LogP contribution in [0.25, 0.3) is 5.65 Å². The number of carbonyl (C=O) groups excluding carboxylic acids is 1. The molecule has 0 saturated carbocycles. The van der Waals surface area contributed by atoms with Gasteiger partial charge in [0.25, 0.3) is 11.5 Å². The average molecular weight is 396 g/mol. The number of hydrogen-bond donors (Lipinski definition) is 1. The number of aromatic nitrogens is 4. The Morgan fingerprint density at radius 2 is 2.10 bits per heavy atom. The highest BCUT2D eigenvalue weighted by Gasteiger charge is 2.31. The molecule has 1 N–H and O–H groups in total. The lowest BCUT2D eigenvalue weighted by atomic mass is 10.1. The smallest absolute Gasteiger partial charge is 0.257 e. The minimum absolute atomic E-state index is 0.186. The summed E-state index contributed by atoms with van der Waals surface area (Å²) in [6.45, 7) is 3.20. The first kappa shape index (κ1) is 17.8. The second-order valence-electron chi connectivity index (χ2n) is 7.59. The van der Waals surface area contributed by atoms with Gasteiger partial charge in [0.05, 0.1) is 11.7 Å². The van der Waals surface area contributed by atoms with Crippen molar-refractivity contribution >= 4 is 17.4 Å². The predicted octanol–water partition coefficient (Wildman–Crippen LogP) is 1.81. The van der Waals surface area contributed by atoms with Gasteiger partial charge in [-0.05, 0) is 38.3 Å². The second-order valence-corrected chi connectivity index (χ2v) is 7.59. The Hall–Kier alpha value is -3.23. The molecule has 150 valence electrons. The highest BCUT2D eigenvalue weighted by molar-refractivity contribution is 6.01. The number of pyridine rings is 1. The first-order chi connectivity index (χ1) is 14.0. The molecule has 0 aliphatic carbocycles. The monoisotopic (exact) mass is 396 g/mol. The number of amides is 1. The van der Waals surface area contributed by atoms with Gasteiger partial charge in [-0.25, -0.2) is 13.9 Å². The van der Waals surface area contributed by atoms with Gasteiger partial charge in [-0.2, -0.15) is 5.10 Å². The van der Waals surface area contributed by atoms with Crippen LogP contribution in [-0.2, 0) is 6.54 Å². The van der Waals surface area contributed by atoms with Gasteiger partial charge in [0, 0.05) is 37.6 Å². The van der Waals surface area contributed by atoms with Crippen molar-refractivity contribution in [1.82, 2.24) is 24.5 Å². The average Bonchev–Trinajstić information content (AvgIpc) is 3.29. The zero-order chi connectivity index (χ0) is 20.1. The summed E-state index contributed by atoms with van der Waals surface area (Å²) in [6, 6.07) is 2.93. The fourth-order valence-corrected chi connectivity index (χ4v) is 4.38. The molecule has 3 aromatic rings. The molecule has 1 atom stereocenters. The van der Waals surface area contributed by atoms with E-state index in [4.69, 9.17) is 4.98 Å². The van der Waals surface area contributed by atoms with Gasteiger partial charge in [-0.3, -0.25) is 9.59 Å². The molecule has 1 unspecified atom stereocenters.